The molecule has 8 heteroatoms. The second-order valence-corrected chi connectivity index (χ2v) is 6.61. The zero-order valence-corrected chi connectivity index (χ0v) is 12.2. The maximum absolute atomic E-state index is 12.4. The van der Waals surface area contributed by atoms with Crippen LogP contribution in [0.25, 0.3) is 10.9 Å². The number of fused-ring (bicyclic) bond motifs is 1. The van der Waals surface area contributed by atoms with Crippen molar-refractivity contribution in [3.05, 3.63) is 24.4 Å². The lowest BCUT2D eigenvalue weighted by atomic mass is 10.2. The average Bonchev–Trinajstić information content (AvgIpc) is 2.90. The number of nitrogens with two attached hydrogens (primary N) is 1. The number of aromatic nitrogens is 1. The van der Waals surface area contributed by atoms with Crippen molar-refractivity contribution in [2.24, 2.45) is 0 Å². The third kappa shape index (κ3) is 3.03. The summed E-state index contributed by atoms with van der Waals surface area (Å²) in [6.07, 6.45) is 1.21. The number of ether oxygens (including phenoxy) is 2. The van der Waals surface area contributed by atoms with Gasteiger partial charge in [-0.25, -0.2) is 13.1 Å². The molecule has 1 aliphatic heterocycles. The van der Waals surface area contributed by atoms with E-state index in [9.17, 15) is 8.42 Å². The molecule has 0 bridgehead atoms. The monoisotopic (exact) mass is 311 g/mol. The summed E-state index contributed by atoms with van der Waals surface area (Å²) < 4.78 is 38.0. The van der Waals surface area contributed by atoms with Crippen molar-refractivity contribution in [2.75, 3.05) is 32.1 Å². The Morgan fingerprint density at radius 3 is 3.00 bits per heavy atom. The number of benzene rings is 1. The Balaban J connectivity index is 1.79. The van der Waals surface area contributed by atoms with Gasteiger partial charge in [-0.2, -0.15) is 0 Å². The van der Waals surface area contributed by atoms with Crippen molar-refractivity contribution >= 4 is 26.6 Å². The van der Waals surface area contributed by atoms with E-state index in [-0.39, 0.29) is 17.5 Å². The maximum atomic E-state index is 12.4. The fourth-order valence-corrected chi connectivity index (χ4v) is 3.52. The van der Waals surface area contributed by atoms with Crippen LogP contribution in [0.2, 0.25) is 0 Å². The molecule has 0 spiro atoms. The molecular weight excluding hydrogens is 294 g/mol. The van der Waals surface area contributed by atoms with Gasteiger partial charge in [0.05, 0.1) is 25.9 Å². The summed E-state index contributed by atoms with van der Waals surface area (Å²) in [6.45, 7) is 1.61. The van der Waals surface area contributed by atoms with Crippen LogP contribution in [0.3, 0.4) is 0 Å². The van der Waals surface area contributed by atoms with Crippen LogP contribution in [0.4, 0.5) is 5.69 Å². The highest BCUT2D eigenvalue weighted by Gasteiger charge is 2.22. The molecule has 7 nitrogen and oxygen atoms in total. The van der Waals surface area contributed by atoms with Gasteiger partial charge in [0.2, 0.25) is 10.0 Å². The molecule has 4 N–H and O–H groups in total. The number of hydrogen-bond acceptors (Lipinski definition) is 5. The van der Waals surface area contributed by atoms with Gasteiger partial charge in [0.1, 0.15) is 4.90 Å². The minimum atomic E-state index is -3.61. The molecule has 1 aliphatic rings. The van der Waals surface area contributed by atoms with E-state index in [2.05, 4.69) is 9.71 Å². The Kier molecular flexibility index (Phi) is 3.85. The maximum Gasteiger partial charge on any atom is 0.242 e. The van der Waals surface area contributed by atoms with Crippen LogP contribution in [-0.4, -0.2) is 45.9 Å². The molecule has 1 atom stereocenters. The number of rotatable bonds is 4. The number of H-pyrrole nitrogens is 1. The summed E-state index contributed by atoms with van der Waals surface area (Å²) in [5.41, 5.74) is 6.95. The van der Waals surface area contributed by atoms with Gasteiger partial charge in [0.25, 0.3) is 0 Å². The minimum absolute atomic E-state index is 0.185. The number of sulfonamides is 1. The second kappa shape index (κ2) is 5.64. The molecule has 21 heavy (non-hydrogen) atoms. The van der Waals surface area contributed by atoms with Gasteiger partial charge < -0.3 is 20.2 Å². The molecule has 1 unspecified atom stereocenters. The zero-order chi connectivity index (χ0) is 14.9. The summed E-state index contributed by atoms with van der Waals surface area (Å²) in [5.74, 6) is 0. The molecule has 114 valence electrons. The van der Waals surface area contributed by atoms with Crippen molar-refractivity contribution in [1.29, 1.82) is 0 Å². The van der Waals surface area contributed by atoms with Gasteiger partial charge in [0.15, 0.2) is 0 Å². The Bertz CT molecular complexity index is 735. The van der Waals surface area contributed by atoms with Crippen LogP contribution >= 0.6 is 0 Å². The summed E-state index contributed by atoms with van der Waals surface area (Å²) in [7, 11) is -3.61. The topological polar surface area (TPSA) is 106 Å². The summed E-state index contributed by atoms with van der Waals surface area (Å²) in [4.78, 5) is 3.12. The van der Waals surface area contributed by atoms with Crippen LogP contribution in [0, 0.1) is 0 Å². The van der Waals surface area contributed by atoms with E-state index >= 15 is 0 Å². The SMILES string of the molecule is Nc1ccc2c(S(=O)(=O)NCC3COCCO3)c[nH]c2c1. The molecule has 1 aromatic carbocycles. The van der Waals surface area contributed by atoms with Crippen molar-refractivity contribution in [2.45, 2.75) is 11.0 Å². The van der Waals surface area contributed by atoms with E-state index in [1.807, 2.05) is 0 Å². The summed E-state index contributed by atoms with van der Waals surface area (Å²) in [6, 6.07) is 5.07. The van der Waals surface area contributed by atoms with Crippen LogP contribution in [0.1, 0.15) is 0 Å². The Morgan fingerprint density at radius 2 is 2.24 bits per heavy atom. The van der Waals surface area contributed by atoms with Crippen molar-refractivity contribution in [3.63, 3.8) is 0 Å². The van der Waals surface area contributed by atoms with Gasteiger partial charge >= 0.3 is 0 Å². The molecule has 1 saturated heterocycles. The quantitative estimate of drug-likeness (QED) is 0.711. The first kappa shape index (κ1) is 14.3. The molecule has 1 aromatic heterocycles. The van der Waals surface area contributed by atoms with Gasteiger partial charge in [-0.1, -0.05) is 0 Å². The predicted octanol–water partition coefficient (Wildman–Crippen LogP) is 0.444. The van der Waals surface area contributed by atoms with Gasteiger partial charge in [-0.15, -0.1) is 0 Å². The standard InChI is InChI=1S/C13H17N3O4S/c14-9-1-2-11-12(5-9)15-7-13(11)21(17,18)16-6-10-8-19-3-4-20-10/h1-2,5,7,10,15-16H,3-4,6,8,14H2. The fourth-order valence-electron chi connectivity index (χ4n) is 2.27. The highest BCUT2D eigenvalue weighted by atomic mass is 32.2. The van der Waals surface area contributed by atoms with Gasteiger partial charge in [-0.3, -0.25) is 0 Å². The van der Waals surface area contributed by atoms with Crippen molar-refractivity contribution in [3.8, 4) is 0 Å². The van der Waals surface area contributed by atoms with E-state index in [4.69, 9.17) is 15.2 Å². The number of nitrogens with one attached hydrogen (secondary N) is 2. The molecule has 0 amide bonds. The smallest absolute Gasteiger partial charge is 0.242 e. The van der Waals surface area contributed by atoms with Crippen LogP contribution in [0.15, 0.2) is 29.3 Å². The normalized spacial score (nSPS) is 19.9. The Morgan fingerprint density at radius 1 is 1.38 bits per heavy atom. The molecular formula is C13H17N3O4S. The summed E-state index contributed by atoms with van der Waals surface area (Å²) >= 11 is 0. The van der Waals surface area contributed by atoms with Crippen molar-refractivity contribution < 1.29 is 17.9 Å². The van der Waals surface area contributed by atoms with E-state index in [0.717, 1.165) is 0 Å². The third-order valence-corrected chi connectivity index (χ3v) is 4.81. The molecule has 3 rings (SSSR count). The van der Waals surface area contributed by atoms with Gasteiger partial charge in [-0.05, 0) is 18.2 Å². The van der Waals surface area contributed by atoms with E-state index < -0.39 is 10.0 Å². The number of hydrogen-bond donors (Lipinski definition) is 3. The molecule has 0 aliphatic carbocycles. The van der Waals surface area contributed by atoms with E-state index in [1.165, 1.54) is 6.20 Å². The van der Waals surface area contributed by atoms with Gasteiger partial charge in [0, 0.05) is 29.3 Å². The Hall–Kier alpha value is -1.61. The minimum Gasteiger partial charge on any atom is -0.399 e. The van der Waals surface area contributed by atoms with Crippen LogP contribution in [0.5, 0.6) is 0 Å². The first-order chi connectivity index (χ1) is 10.1. The molecule has 2 aromatic rings. The number of nitrogen functional groups attached to an aromatic ring is 1. The third-order valence-electron chi connectivity index (χ3n) is 3.34. The predicted molar refractivity (Wildman–Crippen MR) is 78.5 cm³/mol. The van der Waals surface area contributed by atoms with Crippen LogP contribution < -0.4 is 10.5 Å². The molecule has 0 radical (unpaired) electrons. The first-order valence-corrected chi connectivity index (χ1v) is 8.10. The van der Waals surface area contributed by atoms with Crippen LogP contribution in [-0.2, 0) is 19.5 Å². The molecule has 0 saturated carbocycles. The number of aromatic amines is 1. The van der Waals surface area contributed by atoms with Crippen molar-refractivity contribution in [1.82, 2.24) is 9.71 Å². The lowest BCUT2D eigenvalue weighted by molar-refractivity contribution is -0.0846. The second-order valence-electron chi connectivity index (χ2n) is 4.88. The Labute approximate surface area is 122 Å². The largest absolute Gasteiger partial charge is 0.399 e. The van der Waals surface area contributed by atoms with E-state index in [1.54, 1.807) is 18.2 Å². The number of anilines is 1. The van der Waals surface area contributed by atoms with E-state index in [0.29, 0.717) is 36.4 Å². The average molecular weight is 311 g/mol. The molecule has 1 fully saturated rings. The first-order valence-electron chi connectivity index (χ1n) is 6.62. The zero-order valence-electron chi connectivity index (χ0n) is 11.3. The highest BCUT2D eigenvalue weighted by molar-refractivity contribution is 7.89. The lowest BCUT2D eigenvalue weighted by Gasteiger charge is -2.22. The summed E-state index contributed by atoms with van der Waals surface area (Å²) in [5, 5.41) is 0.609. The molecule has 2 heterocycles. The highest BCUT2D eigenvalue weighted by Crippen LogP contribution is 2.24. The fraction of sp³-hybridized carbons (Fsp3) is 0.385. The lowest BCUT2D eigenvalue weighted by Crippen LogP contribution is -2.39.